The monoisotopic (exact) mass is 372 g/mol. The molecule has 0 aliphatic heterocycles. The molecule has 0 amide bonds. The zero-order valence-corrected chi connectivity index (χ0v) is 16.9. The Morgan fingerprint density at radius 1 is 0.692 bits per heavy atom. The van der Waals surface area contributed by atoms with Crippen LogP contribution in [0.2, 0.25) is 0 Å². The molecule has 0 fully saturated rings. The van der Waals surface area contributed by atoms with Gasteiger partial charge in [0.25, 0.3) is 0 Å². The maximum atomic E-state index is 12.6. The van der Waals surface area contributed by atoms with E-state index in [0.29, 0.717) is 0 Å². The lowest BCUT2D eigenvalue weighted by molar-refractivity contribution is -0.172. The first-order valence-electron chi connectivity index (χ1n) is 10.0. The molecule has 0 radical (unpaired) electrons. The van der Waals surface area contributed by atoms with E-state index in [2.05, 4.69) is 6.92 Å². The number of carbonyl (C=O) groups excluding carboxylic acids is 3. The molecule has 152 valence electrons. The van der Waals surface area contributed by atoms with E-state index in [4.69, 9.17) is 14.2 Å². The van der Waals surface area contributed by atoms with Crippen LogP contribution in [0.15, 0.2) is 0 Å². The van der Waals surface area contributed by atoms with Gasteiger partial charge in [0, 0.05) is 13.0 Å². The van der Waals surface area contributed by atoms with Crippen molar-refractivity contribution in [2.75, 3.05) is 19.8 Å². The second-order valence-electron chi connectivity index (χ2n) is 6.20. The minimum Gasteiger partial charge on any atom is -0.465 e. The van der Waals surface area contributed by atoms with Crippen molar-refractivity contribution in [1.82, 2.24) is 0 Å². The normalized spacial score (nSPS) is 12.0. The van der Waals surface area contributed by atoms with Crippen molar-refractivity contribution in [2.45, 2.75) is 85.2 Å². The molecule has 0 heterocycles. The number of esters is 2. The minimum absolute atomic E-state index is 0.125. The van der Waals surface area contributed by atoms with Crippen molar-refractivity contribution >= 4 is 17.7 Å². The summed E-state index contributed by atoms with van der Waals surface area (Å²) in [5.41, 5.74) is 0. The van der Waals surface area contributed by atoms with Gasteiger partial charge in [-0.05, 0) is 27.2 Å². The lowest BCUT2D eigenvalue weighted by atomic mass is 9.95. The van der Waals surface area contributed by atoms with E-state index in [1.807, 2.05) is 0 Å². The number of rotatable bonds is 16. The van der Waals surface area contributed by atoms with Crippen LogP contribution < -0.4 is 0 Å². The molecule has 0 saturated carbocycles. The van der Waals surface area contributed by atoms with Crippen molar-refractivity contribution < 1.29 is 28.6 Å². The smallest absolute Gasteiger partial charge is 0.323 e. The molecule has 0 N–H and O–H groups in total. The molecule has 0 spiro atoms. The minimum atomic E-state index is -1.35. The number of ketones is 1. The van der Waals surface area contributed by atoms with E-state index < -0.39 is 24.0 Å². The quantitative estimate of drug-likeness (QED) is 0.233. The SMILES string of the molecule is CCCCCCCCCC(=O)C(OCC)C(C(=O)OCC)C(=O)OCC. The van der Waals surface area contributed by atoms with Gasteiger partial charge in [-0.15, -0.1) is 0 Å². The molecule has 0 saturated heterocycles. The van der Waals surface area contributed by atoms with Gasteiger partial charge in [0.1, 0.15) is 6.10 Å². The highest BCUT2D eigenvalue weighted by Gasteiger charge is 2.41. The predicted molar refractivity (Wildman–Crippen MR) is 99.8 cm³/mol. The van der Waals surface area contributed by atoms with Crippen molar-refractivity contribution in [2.24, 2.45) is 5.92 Å². The van der Waals surface area contributed by atoms with Crippen molar-refractivity contribution in [3.05, 3.63) is 0 Å². The first kappa shape index (κ1) is 24.6. The fourth-order valence-corrected chi connectivity index (χ4v) is 2.76. The molecule has 1 atom stereocenters. The van der Waals surface area contributed by atoms with Crippen molar-refractivity contribution in [3.8, 4) is 0 Å². The summed E-state index contributed by atoms with van der Waals surface area (Å²) in [6, 6.07) is 0. The Hall–Kier alpha value is -1.43. The van der Waals surface area contributed by atoms with Crippen LogP contribution in [0, 0.1) is 5.92 Å². The Kier molecular flexibility index (Phi) is 14.9. The Balaban J connectivity index is 4.76. The molecule has 0 bridgehead atoms. The first-order chi connectivity index (χ1) is 12.5. The average molecular weight is 373 g/mol. The zero-order valence-electron chi connectivity index (χ0n) is 16.9. The number of ether oxygens (including phenoxy) is 3. The number of hydrogen-bond donors (Lipinski definition) is 0. The maximum absolute atomic E-state index is 12.6. The van der Waals surface area contributed by atoms with Crippen LogP contribution in [-0.4, -0.2) is 43.6 Å². The van der Waals surface area contributed by atoms with Crippen LogP contribution in [0.1, 0.15) is 79.1 Å². The van der Waals surface area contributed by atoms with Gasteiger partial charge >= 0.3 is 11.9 Å². The summed E-state index contributed by atoms with van der Waals surface area (Å²) in [6.07, 6.45) is 6.76. The van der Waals surface area contributed by atoms with Gasteiger partial charge in [0.15, 0.2) is 11.7 Å². The summed E-state index contributed by atoms with van der Waals surface area (Å²) in [7, 11) is 0. The molecular weight excluding hydrogens is 336 g/mol. The van der Waals surface area contributed by atoms with Crippen molar-refractivity contribution in [3.63, 3.8) is 0 Å². The number of carbonyl (C=O) groups is 3. The Labute approximate surface area is 157 Å². The van der Waals surface area contributed by atoms with E-state index >= 15 is 0 Å². The summed E-state index contributed by atoms with van der Waals surface area (Å²) in [4.78, 5) is 37.0. The molecule has 1 unspecified atom stereocenters. The lowest BCUT2D eigenvalue weighted by Crippen LogP contribution is -2.44. The highest BCUT2D eigenvalue weighted by molar-refractivity contribution is 6.01. The van der Waals surface area contributed by atoms with Crippen LogP contribution in [0.4, 0.5) is 0 Å². The third-order valence-corrected chi connectivity index (χ3v) is 4.07. The summed E-state index contributed by atoms with van der Waals surface area (Å²) in [5, 5.41) is 0. The number of unbranched alkanes of at least 4 members (excludes halogenated alkanes) is 6. The third-order valence-electron chi connectivity index (χ3n) is 4.07. The van der Waals surface area contributed by atoms with E-state index in [9.17, 15) is 14.4 Å². The summed E-state index contributed by atoms with van der Waals surface area (Å²) in [5.74, 6) is -3.13. The molecular formula is C20H36O6. The average Bonchev–Trinajstić information content (AvgIpc) is 2.61. The molecule has 0 aliphatic carbocycles. The molecule has 0 aromatic heterocycles. The van der Waals surface area contributed by atoms with E-state index in [0.717, 1.165) is 19.3 Å². The molecule has 0 rings (SSSR count). The van der Waals surface area contributed by atoms with Gasteiger partial charge in [-0.3, -0.25) is 14.4 Å². The first-order valence-corrected chi connectivity index (χ1v) is 10.0. The molecule has 0 aromatic rings. The number of hydrogen-bond acceptors (Lipinski definition) is 6. The van der Waals surface area contributed by atoms with Crippen LogP contribution in [-0.2, 0) is 28.6 Å². The Morgan fingerprint density at radius 2 is 1.19 bits per heavy atom. The van der Waals surface area contributed by atoms with Gasteiger partial charge < -0.3 is 14.2 Å². The topological polar surface area (TPSA) is 78.9 Å². The van der Waals surface area contributed by atoms with Crippen molar-refractivity contribution in [1.29, 1.82) is 0 Å². The predicted octanol–water partition coefficient (Wildman–Crippen LogP) is 3.84. The second kappa shape index (κ2) is 15.8. The molecule has 6 nitrogen and oxygen atoms in total. The van der Waals surface area contributed by atoms with Gasteiger partial charge in [0.05, 0.1) is 13.2 Å². The van der Waals surface area contributed by atoms with Gasteiger partial charge in [0.2, 0.25) is 0 Å². The lowest BCUT2D eigenvalue weighted by Gasteiger charge is -2.23. The molecule has 6 heteroatoms. The Bertz CT molecular complexity index is 389. The van der Waals surface area contributed by atoms with E-state index in [1.54, 1.807) is 20.8 Å². The van der Waals surface area contributed by atoms with Gasteiger partial charge in [-0.2, -0.15) is 0 Å². The van der Waals surface area contributed by atoms with E-state index in [1.165, 1.54) is 25.7 Å². The van der Waals surface area contributed by atoms with Gasteiger partial charge in [-0.1, -0.05) is 45.4 Å². The third kappa shape index (κ3) is 9.90. The molecule has 26 heavy (non-hydrogen) atoms. The standard InChI is InChI=1S/C20H36O6/c1-5-9-10-11-12-13-14-15-16(21)18(24-6-2)17(19(22)25-7-3)20(23)26-8-4/h17-18H,5-15H2,1-4H3. The summed E-state index contributed by atoms with van der Waals surface area (Å²) < 4.78 is 15.4. The second-order valence-corrected chi connectivity index (χ2v) is 6.20. The fourth-order valence-electron chi connectivity index (χ4n) is 2.76. The summed E-state index contributed by atoms with van der Waals surface area (Å²) >= 11 is 0. The fraction of sp³-hybridized carbons (Fsp3) is 0.850. The van der Waals surface area contributed by atoms with Crippen LogP contribution >= 0.6 is 0 Å². The van der Waals surface area contributed by atoms with Gasteiger partial charge in [-0.25, -0.2) is 0 Å². The molecule has 0 aromatic carbocycles. The van der Waals surface area contributed by atoms with Crippen LogP contribution in [0.3, 0.4) is 0 Å². The zero-order chi connectivity index (χ0) is 19.8. The Morgan fingerprint density at radius 3 is 1.65 bits per heavy atom. The highest BCUT2D eigenvalue weighted by atomic mass is 16.6. The maximum Gasteiger partial charge on any atom is 0.323 e. The van der Waals surface area contributed by atoms with Crippen LogP contribution in [0.5, 0.6) is 0 Å². The largest absolute Gasteiger partial charge is 0.465 e. The highest BCUT2D eigenvalue weighted by Crippen LogP contribution is 2.18. The molecule has 0 aliphatic rings. The van der Waals surface area contributed by atoms with E-state index in [-0.39, 0.29) is 32.0 Å². The summed E-state index contributed by atoms with van der Waals surface area (Å²) in [6.45, 7) is 7.67. The number of Topliss-reactive ketones (excluding diaryl/α,β-unsaturated/α-hetero) is 1. The van der Waals surface area contributed by atoms with Crippen LogP contribution in [0.25, 0.3) is 0 Å².